The van der Waals surface area contributed by atoms with E-state index >= 15 is 0 Å². The quantitative estimate of drug-likeness (QED) is 0.607. The minimum Gasteiger partial charge on any atom is -0.366 e. The number of halogens is 3. The number of carbonyl (C=O) groups is 1. The second-order valence-corrected chi connectivity index (χ2v) is 5.76. The van der Waals surface area contributed by atoms with Gasteiger partial charge in [-0.1, -0.05) is 26.0 Å². The highest BCUT2D eigenvalue weighted by Crippen LogP contribution is 2.39. The standard InChI is InChI=1S/C16H11BrF2N2O.C2H6/c1-7-12(8-2-4-9(18)5-3-8)13-14(17)11(19)6-10(16(20)22)15(13)21-7;1-2/h2-6,21H,1H3,(H2,20,22);1-2H3. The Balaban J connectivity index is 0.00000100. The van der Waals surface area contributed by atoms with Crippen molar-refractivity contribution in [3.05, 3.63) is 57.7 Å². The lowest BCUT2D eigenvalue weighted by Gasteiger charge is -2.06. The van der Waals surface area contributed by atoms with Crippen molar-refractivity contribution in [3.63, 3.8) is 0 Å². The minimum atomic E-state index is -0.719. The van der Waals surface area contributed by atoms with Crippen LogP contribution < -0.4 is 5.73 Å². The monoisotopic (exact) mass is 394 g/mol. The number of rotatable bonds is 2. The Kier molecular flexibility index (Phi) is 5.39. The van der Waals surface area contributed by atoms with Gasteiger partial charge in [0.15, 0.2) is 0 Å². The zero-order chi connectivity index (χ0) is 18.0. The number of aromatic amines is 1. The molecule has 3 N–H and O–H groups in total. The van der Waals surface area contributed by atoms with E-state index in [-0.39, 0.29) is 15.9 Å². The molecule has 3 nitrogen and oxygen atoms in total. The Hall–Kier alpha value is -2.21. The molecule has 1 heterocycles. The fraction of sp³-hybridized carbons (Fsp3) is 0.167. The average Bonchev–Trinajstić information content (AvgIpc) is 2.90. The number of H-pyrrole nitrogens is 1. The molecule has 0 radical (unpaired) electrons. The molecule has 0 aliphatic heterocycles. The van der Waals surface area contributed by atoms with Crippen LogP contribution >= 0.6 is 15.9 Å². The van der Waals surface area contributed by atoms with E-state index in [1.807, 2.05) is 13.8 Å². The fourth-order valence-electron chi connectivity index (χ4n) is 2.60. The molecule has 3 rings (SSSR count). The molecule has 0 fully saturated rings. The van der Waals surface area contributed by atoms with Gasteiger partial charge >= 0.3 is 0 Å². The number of hydrogen-bond donors (Lipinski definition) is 2. The molecule has 0 saturated carbocycles. The zero-order valence-corrected chi connectivity index (χ0v) is 15.1. The molecule has 1 amide bonds. The molecule has 0 spiro atoms. The number of hydrogen-bond acceptors (Lipinski definition) is 1. The van der Waals surface area contributed by atoms with Gasteiger partial charge in [0.05, 0.1) is 15.6 Å². The molecule has 3 aromatic rings. The molecule has 1 aromatic heterocycles. The summed E-state index contributed by atoms with van der Waals surface area (Å²) in [5.74, 6) is -1.66. The summed E-state index contributed by atoms with van der Waals surface area (Å²) in [6, 6.07) is 6.96. The molecular formula is C18H17BrF2N2O. The number of aryl methyl sites for hydroxylation is 1. The van der Waals surface area contributed by atoms with Gasteiger partial charge in [-0.05, 0) is 46.6 Å². The maximum Gasteiger partial charge on any atom is 0.250 e. The molecule has 0 bridgehead atoms. The van der Waals surface area contributed by atoms with E-state index in [4.69, 9.17) is 5.73 Å². The normalized spacial score (nSPS) is 10.4. The van der Waals surface area contributed by atoms with Crippen LogP contribution in [0, 0.1) is 18.6 Å². The van der Waals surface area contributed by atoms with Crippen molar-refractivity contribution in [1.29, 1.82) is 0 Å². The highest BCUT2D eigenvalue weighted by Gasteiger charge is 2.21. The summed E-state index contributed by atoms with van der Waals surface area (Å²) in [6.07, 6.45) is 0. The van der Waals surface area contributed by atoms with Crippen LogP contribution in [0.5, 0.6) is 0 Å². The molecule has 0 aliphatic rings. The van der Waals surface area contributed by atoms with E-state index in [0.717, 1.165) is 11.8 Å². The Labute approximate surface area is 147 Å². The number of carbonyl (C=O) groups excluding carboxylic acids is 1. The SMILES string of the molecule is CC.Cc1[nH]c2c(C(N)=O)cc(F)c(Br)c2c1-c1ccc(F)cc1. The van der Waals surface area contributed by atoms with Crippen LogP contribution in [0.1, 0.15) is 29.9 Å². The van der Waals surface area contributed by atoms with E-state index in [2.05, 4.69) is 20.9 Å². The van der Waals surface area contributed by atoms with Crippen molar-refractivity contribution >= 4 is 32.7 Å². The number of nitrogens with two attached hydrogens (primary N) is 1. The second-order valence-electron chi connectivity index (χ2n) is 4.97. The van der Waals surface area contributed by atoms with E-state index < -0.39 is 11.7 Å². The number of nitrogens with one attached hydrogen (secondary N) is 1. The van der Waals surface area contributed by atoms with Gasteiger partial charge in [0.25, 0.3) is 5.91 Å². The first kappa shape index (κ1) is 18.1. The second kappa shape index (κ2) is 7.13. The van der Waals surface area contributed by atoms with Crippen molar-refractivity contribution < 1.29 is 13.6 Å². The lowest BCUT2D eigenvalue weighted by atomic mass is 10.0. The molecule has 0 aliphatic carbocycles. The van der Waals surface area contributed by atoms with Crippen LogP contribution in [-0.2, 0) is 0 Å². The lowest BCUT2D eigenvalue weighted by molar-refractivity contribution is 0.100. The highest BCUT2D eigenvalue weighted by atomic mass is 79.9. The van der Waals surface area contributed by atoms with Crippen molar-refractivity contribution in [1.82, 2.24) is 4.98 Å². The summed E-state index contributed by atoms with van der Waals surface area (Å²) in [6.45, 7) is 5.80. The summed E-state index contributed by atoms with van der Waals surface area (Å²) in [7, 11) is 0. The van der Waals surface area contributed by atoms with Crippen LogP contribution in [0.3, 0.4) is 0 Å². The third-order valence-electron chi connectivity index (χ3n) is 3.56. The summed E-state index contributed by atoms with van der Waals surface area (Å²) in [5, 5.41) is 0.512. The van der Waals surface area contributed by atoms with Crippen molar-refractivity contribution in [2.75, 3.05) is 0 Å². The van der Waals surface area contributed by atoms with Crippen molar-refractivity contribution in [2.24, 2.45) is 5.73 Å². The van der Waals surface area contributed by atoms with E-state index in [0.29, 0.717) is 22.0 Å². The highest BCUT2D eigenvalue weighted by molar-refractivity contribution is 9.10. The van der Waals surface area contributed by atoms with Gasteiger partial charge in [-0.15, -0.1) is 0 Å². The van der Waals surface area contributed by atoms with Gasteiger partial charge in [-0.2, -0.15) is 0 Å². The van der Waals surface area contributed by atoms with Gasteiger partial charge in [0, 0.05) is 16.6 Å². The van der Waals surface area contributed by atoms with Crippen LogP contribution in [0.2, 0.25) is 0 Å². The van der Waals surface area contributed by atoms with Crippen LogP contribution in [0.25, 0.3) is 22.0 Å². The molecular weight excluding hydrogens is 378 g/mol. The first-order chi connectivity index (χ1) is 11.4. The topological polar surface area (TPSA) is 58.9 Å². The minimum absolute atomic E-state index is 0.0761. The Bertz CT molecular complexity index is 902. The number of aromatic nitrogens is 1. The molecule has 2 aromatic carbocycles. The smallest absolute Gasteiger partial charge is 0.250 e. The fourth-order valence-corrected chi connectivity index (χ4v) is 3.11. The van der Waals surface area contributed by atoms with Gasteiger partial charge in [0.2, 0.25) is 0 Å². The maximum atomic E-state index is 14.1. The van der Waals surface area contributed by atoms with Crippen molar-refractivity contribution in [2.45, 2.75) is 20.8 Å². The predicted molar refractivity (Wildman–Crippen MR) is 96.0 cm³/mol. The predicted octanol–water partition coefficient (Wildman–Crippen LogP) is 5.31. The van der Waals surface area contributed by atoms with Gasteiger partial charge in [0.1, 0.15) is 11.6 Å². The molecule has 6 heteroatoms. The molecule has 0 atom stereocenters. The van der Waals surface area contributed by atoms with Gasteiger partial charge in [-0.3, -0.25) is 4.79 Å². The zero-order valence-electron chi connectivity index (χ0n) is 13.5. The van der Waals surface area contributed by atoms with E-state index in [1.165, 1.54) is 12.1 Å². The first-order valence-electron chi connectivity index (χ1n) is 7.46. The maximum absolute atomic E-state index is 14.1. The first-order valence-corrected chi connectivity index (χ1v) is 8.25. The van der Waals surface area contributed by atoms with Crippen LogP contribution in [-0.4, -0.2) is 10.9 Å². The van der Waals surface area contributed by atoms with Crippen LogP contribution in [0.4, 0.5) is 8.78 Å². The van der Waals surface area contributed by atoms with Crippen molar-refractivity contribution in [3.8, 4) is 11.1 Å². The van der Waals surface area contributed by atoms with E-state index in [9.17, 15) is 13.6 Å². The summed E-state index contributed by atoms with van der Waals surface area (Å²) in [5.41, 5.74) is 8.00. The van der Waals surface area contributed by atoms with Gasteiger partial charge in [-0.25, -0.2) is 8.78 Å². The average molecular weight is 395 g/mol. The summed E-state index contributed by atoms with van der Waals surface area (Å²) < 4.78 is 27.5. The Morgan fingerprint density at radius 1 is 1.17 bits per heavy atom. The number of fused-ring (bicyclic) bond motifs is 1. The summed E-state index contributed by atoms with van der Waals surface area (Å²) in [4.78, 5) is 14.6. The van der Waals surface area contributed by atoms with Crippen LogP contribution in [0.15, 0.2) is 34.8 Å². The third kappa shape index (κ3) is 3.06. The van der Waals surface area contributed by atoms with E-state index in [1.54, 1.807) is 19.1 Å². The Morgan fingerprint density at radius 3 is 2.29 bits per heavy atom. The molecule has 126 valence electrons. The third-order valence-corrected chi connectivity index (χ3v) is 4.33. The number of amides is 1. The lowest BCUT2D eigenvalue weighted by Crippen LogP contribution is -2.12. The molecule has 24 heavy (non-hydrogen) atoms. The number of primary amides is 1. The Morgan fingerprint density at radius 2 is 1.75 bits per heavy atom. The molecule has 0 unspecified atom stereocenters. The largest absolute Gasteiger partial charge is 0.366 e. The molecule has 0 saturated heterocycles. The summed E-state index contributed by atoms with van der Waals surface area (Å²) >= 11 is 3.22. The number of benzene rings is 2. The van der Waals surface area contributed by atoms with Gasteiger partial charge < -0.3 is 10.7 Å².